The lowest BCUT2D eigenvalue weighted by Gasteiger charge is -2.18. The van der Waals surface area contributed by atoms with Gasteiger partial charge < -0.3 is 14.7 Å². The van der Waals surface area contributed by atoms with Crippen LogP contribution in [0, 0.1) is 0 Å². The van der Waals surface area contributed by atoms with E-state index in [9.17, 15) is 4.79 Å². The van der Waals surface area contributed by atoms with Gasteiger partial charge in [0.05, 0.1) is 7.11 Å². The summed E-state index contributed by atoms with van der Waals surface area (Å²) in [5, 5.41) is 9.02. The summed E-state index contributed by atoms with van der Waals surface area (Å²) >= 11 is 0. The van der Waals surface area contributed by atoms with Crippen LogP contribution in [0.2, 0.25) is 0 Å². The normalized spacial score (nSPS) is 18.8. The molecule has 2 rings (SSSR count). The summed E-state index contributed by atoms with van der Waals surface area (Å²) in [5.41, 5.74) is 1.75. The maximum atomic E-state index is 11.0. The van der Waals surface area contributed by atoms with E-state index in [0.717, 1.165) is 11.3 Å². The number of hydrogen-bond donors (Lipinski definition) is 1. The van der Waals surface area contributed by atoms with Crippen LogP contribution in [0.1, 0.15) is 5.56 Å². The zero-order valence-electron chi connectivity index (χ0n) is 8.60. The van der Waals surface area contributed by atoms with Crippen molar-refractivity contribution in [2.45, 2.75) is 12.5 Å². The molecule has 0 radical (unpaired) electrons. The Hall–Kier alpha value is -1.78. The number of rotatable bonds is 2. The van der Waals surface area contributed by atoms with E-state index in [1.807, 2.05) is 0 Å². The first kappa shape index (κ1) is 9.76. The highest BCUT2D eigenvalue weighted by molar-refractivity contribution is 5.82. The third-order valence-electron chi connectivity index (χ3n) is 2.71. The highest BCUT2D eigenvalue weighted by atomic mass is 16.5. The lowest BCUT2D eigenvalue weighted by Crippen LogP contribution is -2.35. The molecule has 0 fully saturated rings. The quantitative estimate of drug-likeness (QED) is 0.768. The number of carboxylic acid groups (broad SMARTS) is 1. The van der Waals surface area contributed by atoms with Gasteiger partial charge in [-0.1, -0.05) is 0 Å². The van der Waals surface area contributed by atoms with Crippen LogP contribution in [0.5, 0.6) is 5.88 Å². The van der Waals surface area contributed by atoms with Crippen molar-refractivity contribution >= 4 is 11.7 Å². The molecule has 1 aliphatic rings. The summed E-state index contributed by atoms with van der Waals surface area (Å²) in [6.45, 7) is 0. The molecule has 80 valence electrons. The number of pyridine rings is 1. The van der Waals surface area contributed by atoms with E-state index in [-0.39, 0.29) is 0 Å². The molecule has 0 spiro atoms. The van der Waals surface area contributed by atoms with Crippen LogP contribution in [-0.2, 0) is 11.2 Å². The number of nitrogens with zero attached hydrogens (tertiary/aromatic N) is 2. The number of ether oxygens (including phenoxy) is 1. The maximum absolute atomic E-state index is 11.0. The van der Waals surface area contributed by atoms with Crippen LogP contribution in [-0.4, -0.2) is 36.3 Å². The Morgan fingerprint density at radius 3 is 3.07 bits per heavy atom. The summed E-state index contributed by atoms with van der Waals surface area (Å²) in [6, 6.07) is 1.29. The Bertz CT molecular complexity index is 406. The van der Waals surface area contributed by atoms with Crippen LogP contribution in [0.4, 0.5) is 5.69 Å². The Morgan fingerprint density at radius 2 is 2.47 bits per heavy atom. The minimum atomic E-state index is -0.823. The summed E-state index contributed by atoms with van der Waals surface area (Å²) < 4.78 is 5.10. The molecule has 15 heavy (non-hydrogen) atoms. The first-order valence-corrected chi connectivity index (χ1v) is 4.62. The van der Waals surface area contributed by atoms with E-state index in [4.69, 9.17) is 9.84 Å². The number of aliphatic carboxylic acids is 1. The molecular weight excluding hydrogens is 196 g/mol. The number of likely N-dealkylation sites (N-methyl/N-ethyl adjacent to an activating group) is 1. The second-order valence-electron chi connectivity index (χ2n) is 3.49. The Kier molecular flexibility index (Phi) is 2.22. The monoisotopic (exact) mass is 208 g/mol. The minimum absolute atomic E-state index is 0.443. The largest absolute Gasteiger partial charge is 0.481 e. The number of anilines is 1. The predicted molar refractivity (Wildman–Crippen MR) is 54.3 cm³/mol. The van der Waals surface area contributed by atoms with Crippen LogP contribution in [0.25, 0.3) is 0 Å². The molecule has 2 heterocycles. The van der Waals surface area contributed by atoms with Gasteiger partial charge >= 0.3 is 5.97 Å². The summed E-state index contributed by atoms with van der Waals surface area (Å²) in [4.78, 5) is 16.8. The first-order chi connectivity index (χ1) is 7.15. The minimum Gasteiger partial charge on any atom is -0.481 e. The Morgan fingerprint density at radius 1 is 1.73 bits per heavy atom. The molecule has 1 aliphatic heterocycles. The van der Waals surface area contributed by atoms with E-state index in [1.54, 1.807) is 24.2 Å². The number of aromatic nitrogens is 1. The second kappa shape index (κ2) is 3.42. The topological polar surface area (TPSA) is 62.7 Å². The van der Waals surface area contributed by atoms with E-state index < -0.39 is 12.0 Å². The van der Waals surface area contributed by atoms with Gasteiger partial charge in [-0.15, -0.1) is 0 Å². The summed E-state index contributed by atoms with van der Waals surface area (Å²) in [7, 11) is 3.31. The fraction of sp³-hybridized carbons (Fsp3) is 0.400. The van der Waals surface area contributed by atoms with Crippen molar-refractivity contribution in [2.24, 2.45) is 0 Å². The smallest absolute Gasteiger partial charge is 0.326 e. The third-order valence-corrected chi connectivity index (χ3v) is 2.71. The summed E-state index contributed by atoms with van der Waals surface area (Å²) in [5.74, 6) is -0.307. The molecule has 0 bridgehead atoms. The van der Waals surface area contributed by atoms with Gasteiger partial charge in [-0.3, -0.25) is 0 Å². The fourth-order valence-electron chi connectivity index (χ4n) is 1.91. The average Bonchev–Trinajstić information content (AvgIpc) is 2.56. The third kappa shape index (κ3) is 1.40. The number of methoxy groups -OCH3 is 1. The van der Waals surface area contributed by atoms with E-state index in [0.29, 0.717) is 12.3 Å². The van der Waals surface area contributed by atoms with Gasteiger partial charge in [0.15, 0.2) is 0 Å². The molecule has 5 heteroatoms. The van der Waals surface area contributed by atoms with Crippen molar-refractivity contribution in [3.63, 3.8) is 0 Å². The van der Waals surface area contributed by atoms with Gasteiger partial charge in [-0.2, -0.15) is 0 Å². The first-order valence-electron chi connectivity index (χ1n) is 4.62. The van der Waals surface area contributed by atoms with Crippen molar-refractivity contribution < 1.29 is 14.6 Å². The SMILES string of the molecule is COc1nccc2c1C[C@@H](C(=O)O)N2C. The molecule has 0 aliphatic carbocycles. The molecular formula is C10H12N2O3. The van der Waals surface area contributed by atoms with Crippen LogP contribution in [0.15, 0.2) is 12.3 Å². The lowest BCUT2D eigenvalue weighted by atomic mass is 10.1. The molecule has 1 aromatic rings. The van der Waals surface area contributed by atoms with Crippen molar-refractivity contribution in [3.05, 3.63) is 17.8 Å². The molecule has 0 unspecified atom stereocenters. The highest BCUT2D eigenvalue weighted by Gasteiger charge is 2.34. The van der Waals surface area contributed by atoms with Crippen molar-refractivity contribution in [1.82, 2.24) is 4.98 Å². The van der Waals surface area contributed by atoms with Crippen molar-refractivity contribution in [1.29, 1.82) is 0 Å². The van der Waals surface area contributed by atoms with Crippen LogP contribution >= 0.6 is 0 Å². The number of carboxylic acids is 1. The van der Waals surface area contributed by atoms with E-state index in [2.05, 4.69) is 4.98 Å². The zero-order valence-corrected chi connectivity index (χ0v) is 8.60. The van der Waals surface area contributed by atoms with E-state index in [1.165, 1.54) is 7.11 Å². The summed E-state index contributed by atoms with van der Waals surface area (Å²) in [6.07, 6.45) is 2.07. The Labute approximate surface area is 87.3 Å². The molecule has 1 atom stereocenters. The fourth-order valence-corrected chi connectivity index (χ4v) is 1.91. The van der Waals surface area contributed by atoms with Gasteiger partial charge in [0.25, 0.3) is 0 Å². The van der Waals surface area contributed by atoms with Gasteiger partial charge in [0.2, 0.25) is 5.88 Å². The lowest BCUT2D eigenvalue weighted by molar-refractivity contribution is -0.138. The molecule has 1 aromatic heterocycles. The number of hydrogen-bond acceptors (Lipinski definition) is 4. The molecule has 1 N–H and O–H groups in total. The molecule has 0 saturated carbocycles. The molecule has 0 saturated heterocycles. The Balaban J connectivity index is 2.44. The average molecular weight is 208 g/mol. The number of carbonyl (C=O) groups is 1. The molecule has 5 nitrogen and oxygen atoms in total. The van der Waals surface area contributed by atoms with Gasteiger partial charge in [0, 0.05) is 30.9 Å². The van der Waals surface area contributed by atoms with Gasteiger partial charge in [-0.05, 0) is 6.07 Å². The van der Waals surface area contributed by atoms with E-state index >= 15 is 0 Å². The van der Waals surface area contributed by atoms with Crippen LogP contribution < -0.4 is 9.64 Å². The maximum Gasteiger partial charge on any atom is 0.326 e. The molecule has 0 amide bonds. The van der Waals surface area contributed by atoms with Crippen molar-refractivity contribution in [3.8, 4) is 5.88 Å². The van der Waals surface area contributed by atoms with Crippen LogP contribution in [0.3, 0.4) is 0 Å². The van der Waals surface area contributed by atoms with Gasteiger partial charge in [0.1, 0.15) is 6.04 Å². The second-order valence-corrected chi connectivity index (χ2v) is 3.49. The van der Waals surface area contributed by atoms with Crippen molar-refractivity contribution in [2.75, 3.05) is 19.1 Å². The highest BCUT2D eigenvalue weighted by Crippen LogP contribution is 2.35. The number of fused-ring (bicyclic) bond motifs is 1. The predicted octanol–water partition coefficient (Wildman–Crippen LogP) is 0.536. The standard InChI is InChI=1S/C10H12N2O3/c1-12-7-3-4-11-9(15-2)6(7)5-8(12)10(13)14/h3-4,8H,5H2,1-2H3,(H,13,14)/t8-/m0/s1. The zero-order chi connectivity index (χ0) is 11.0. The van der Waals surface area contributed by atoms with Gasteiger partial charge in [-0.25, -0.2) is 9.78 Å². The molecule has 0 aromatic carbocycles.